The zero-order chi connectivity index (χ0) is 10.8. The summed E-state index contributed by atoms with van der Waals surface area (Å²) in [6.07, 6.45) is -2.79. The maximum absolute atomic E-state index is 12.2. The summed E-state index contributed by atoms with van der Waals surface area (Å²) in [6, 6.07) is 4.40. The van der Waals surface area contributed by atoms with E-state index in [1.165, 1.54) is 0 Å². The Bertz CT molecular complexity index is 363. The van der Waals surface area contributed by atoms with Crippen molar-refractivity contribution in [2.45, 2.75) is 18.9 Å². The van der Waals surface area contributed by atoms with Crippen LogP contribution in [-0.2, 0) is 0 Å². The quantitative estimate of drug-likeness (QED) is 0.898. The minimum absolute atomic E-state index is 0. The number of rotatable bonds is 3. The second-order valence-corrected chi connectivity index (χ2v) is 3.31. The number of hydrogen-bond donors (Lipinski definition) is 1. The lowest BCUT2D eigenvalue weighted by Crippen LogP contribution is -2.14. The van der Waals surface area contributed by atoms with E-state index in [0.717, 1.165) is 0 Å². The van der Waals surface area contributed by atoms with E-state index in [1.54, 1.807) is 18.2 Å². The number of alkyl halides is 2. The summed E-state index contributed by atoms with van der Waals surface area (Å²) in [6.45, 7) is 0.119. The van der Waals surface area contributed by atoms with Gasteiger partial charge in [-0.2, -0.15) is 0 Å². The highest BCUT2D eigenvalue weighted by molar-refractivity contribution is 5.85. The highest BCUT2D eigenvalue weighted by Gasteiger charge is 2.22. The molecule has 0 aromatic heterocycles. The Labute approximate surface area is 97.9 Å². The van der Waals surface area contributed by atoms with E-state index in [9.17, 15) is 8.78 Å². The smallest absolute Gasteiger partial charge is 0.240 e. The zero-order valence-corrected chi connectivity index (χ0v) is 9.18. The van der Waals surface area contributed by atoms with Crippen LogP contribution in [0.1, 0.15) is 18.0 Å². The fraction of sp³-hybridized carbons (Fsp3) is 0.400. The van der Waals surface area contributed by atoms with Gasteiger partial charge in [0.05, 0.1) is 0 Å². The van der Waals surface area contributed by atoms with Gasteiger partial charge in [0.1, 0.15) is 0 Å². The summed E-state index contributed by atoms with van der Waals surface area (Å²) in [5.74, 6) is 1.06. The molecule has 1 atom stereocenters. The van der Waals surface area contributed by atoms with Gasteiger partial charge in [0, 0.05) is 18.0 Å². The Morgan fingerprint density at radius 2 is 2.06 bits per heavy atom. The lowest BCUT2D eigenvalue weighted by atomic mass is 10.0. The van der Waals surface area contributed by atoms with E-state index in [-0.39, 0.29) is 25.6 Å². The number of hydrogen-bond acceptors (Lipinski definition) is 3. The molecule has 2 N–H and O–H groups in total. The second kappa shape index (κ2) is 5.32. The molecular formula is C10H12ClF2NO2. The SMILES string of the molecule is Cl.N[C@H](CC(F)F)c1cccc2c1OCO2. The molecule has 3 nitrogen and oxygen atoms in total. The van der Waals surface area contributed by atoms with E-state index in [1.807, 2.05) is 0 Å². The number of benzene rings is 1. The number of para-hydroxylation sites is 1. The van der Waals surface area contributed by atoms with Crippen molar-refractivity contribution >= 4 is 12.4 Å². The first-order valence-corrected chi connectivity index (χ1v) is 4.60. The van der Waals surface area contributed by atoms with Crippen molar-refractivity contribution in [1.29, 1.82) is 0 Å². The van der Waals surface area contributed by atoms with Crippen LogP contribution in [0, 0.1) is 0 Å². The van der Waals surface area contributed by atoms with Gasteiger partial charge in [-0.3, -0.25) is 0 Å². The maximum Gasteiger partial charge on any atom is 0.240 e. The van der Waals surface area contributed by atoms with Gasteiger partial charge in [0.15, 0.2) is 11.5 Å². The minimum Gasteiger partial charge on any atom is -0.454 e. The summed E-state index contributed by atoms with van der Waals surface area (Å²) >= 11 is 0. The molecule has 1 heterocycles. The Morgan fingerprint density at radius 3 is 2.75 bits per heavy atom. The molecular weight excluding hydrogens is 240 g/mol. The van der Waals surface area contributed by atoms with E-state index >= 15 is 0 Å². The highest BCUT2D eigenvalue weighted by Crippen LogP contribution is 2.38. The lowest BCUT2D eigenvalue weighted by Gasteiger charge is -2.13. The molecule has 1 aliphatic rings. The maximum atomic E-state index is 12.2. The number of ether oxygens (including phenoxy) is 2. The molecule has 1 aliphatic heterocycles. The third-order valence-electron chi connectivity index (χ3n) is 2.26. The van der Waals surface area contributed by atoms with Gasteiger partial charge in [-0.05, 0) is 6.07 Å². The van der Waals surface area contributed by atoms with Crippen molar-refractivity contribution in [3.8, 4) is 11.5 Å². The van der Waals surface area contributed by atoms with E-state index in [2.05, 4.69) is 0 Å². The molecule has 0 fully saturated rings. The van der Waals surface area contributed by atoms with Crippen LogP contribution in [-0.4, -0.2) is 13.2 Å². The standard InChI is InChI=1S/C10H11F2NO2.ClH/c11-9(12)4-7(13)6-2-1-3-8-10(6)15-5-14-8;/h1-3,7,9H,4-5,13H2;1H/t7-;/m1./s1. The van der Waals surface area contributed by atoms with Gasteiger partial charge in [0.25, 0.3) is 0 Å². The van der Waals surface area contributed by atoms with Crippen LogP contribution in [0.25, 0.3) is 0 Å². The number of halogens is 3. The van der Waals surface area contributed by atoms with Crippen LogP contribution in [0.15, 0.2) is 18.2 Å². The van der Waals surface area contributed by atoms with Gasteiger partial charge in [0.2, 0.25) is 13.2 Å². The van der Waals surface area contributed by atoms with Crippen LogP contribution in [0.4, 0.5) is 8.78 Å². The van der Waals surface area contributed by atoms with Crippen molar-refractivity contribution in [3.63, 3.8) is 0 Å². The van der Waals surface area contributed by atoms with Crippen molar-refractivity contribution in [1.82, 2.24) is 0 Å². The molecule has 0 amide bonds. The molecule has 0 saturated heterocycles. The van der Waals surface area contributed by atoms with E-state index in [4.69, 9.17) is 15.2 Å². The average molecular weight is 252 g/mol. The molecule has 16 heavy (non-hydrogen) atoms. The first kappa shape index (κ1) is 13.0. The van der Waals surface area contributed by atoms with Crippen LogP contribution in [0.5, 0.6) is 11.5 Å². The zero-order valence-electron chi connectivity index (χ0n) is 8.36. The van der Waals surface area contributed by atoms with Crippen molar-refractivity contribution in [2.24, 2.45) is 5.73 Å². The van der Waals surface area contributed by atoms with Gasteiger partial charge < -0.3 is 15.2 Å². The Hall–Kier alpha value is -1.07. The average Bonchev–Trinajstić information content (AvgIpc) is 2.63. The monoisotopic (exact) mass is 251 g/mol. The number of nitrogens with two attached hydrogens (primary N) is 1. The van der Waals surface area contributed by atoms with Crippen LogP contribution >= 0.6 is 12.4 Å². The molecule has 0 unspecified atom stereocenters. The van der Waals surface area contributed by atoms with Crippen molar-refractivity contribution in [2.75, 3.05) is 6.79 Å². The fourth-order valence-electron chi connectivity index (χ4n) is 1.56. The third-order valence-corrected chi connectivity index (χ3v) is 2.26. The van der Waals surface area contributed by atoms with Crippen LogP contribution in [0.2, 0.25) is 0 Å². The first-order chi connectivity index (χ1) is 7.18. The molecule has 0 saturated carbocycles. The molecule has 90 valence electrons. The highest BCUT2D eigenvalue weighted by atomic mass is 35.5. The van der Waals surface area contributed by atoms with E-state index in [0.29, 0.717) is 17.1 Å². The molecule has 0 bridgehead atoms. The molecule has 2 rings (SSSR count). The molecule has 1 aromatic carbocycles. The second-order valence-electron chi connectivity index (χ2n) is 3.31. The molecule has 6 heteroatoms. The molecule has 1 aromatic rings. The molecule has 0 radical (unpaired) electrons. The fourth-order valence-corrected chi connectivity index (χ4v) is 1.56. The van der Waals surface area contributed by atoms with Crippen molar-refractivity contribution < 1.29 is 18.3 Å². The predicted molar refractivity (Wildman–Crippen MR) is 57.4 cm³/mol. The summed E-state index contributed by atoms with van der Waals surface area (Å²) in [5.41, 5.74) is 6.23. The Balaban J connectivity index is 0.00000128. The van der Waals surface area contributed by atoms with Gasteiger partial charge >= 0.3 is 0 Å². The minimum atomic E-state index is -2.42. The van der Waals surface area contributed by atoms with Crippen molar-refractivity contribution in [3.05, 3.63) is 23.8 Å². The summed E-state index contributed by atoms with van der Waals surface area (Å²) in [5, 5.41) is 0. The molecule has 0 spiro atoms. The summed E-state index contributed by atoms with van der Waals surface area (Å²) < 4.78 is 34.7. The van der Waals surface area contributed by atoms with Gasteiger partial charge in [-0.15, -0.1) is 12.4 Å². The lowest BCUT2D eigenvalue weighted by molar-refractivity contribution is 0.127. The number of fused-ring (bicyclic) bond motifs is 1. The normalized spacial score (nSPS) is 14.8. The van der Waals surface area contributed by atoms with Crippen LogP contribution in [0.3, 0.4) is 0 Å². The first-order valence-electron chi connectivity index (χ1n) is 4.60. The largest absolute Gasteiger partial charge is 0.454 e. The predicted octanol–water partition coefficient (Wildman–Crippen LogP) is 2.49. The van der Waals surface area contributed by atoms with Gasteiger partial charge in [-0.25, -0.2) is 8.78 Å². The third kappa shape index (κ3) is 2.54. The van der Waals surface area contributed by atoms with Crippen LogP contribution < -0.4 is 15.2 Å². The van der Waals surface area contributed by atoms with Gasteiger partial charge in [-0.1, -0.05) is 12.1 Å². The molecule has 0 aliphatic carbocycles. The summed E-state index contributed by atoms with van der Waals surface area (Å²) in [7, 11) is 0. The Kier molecular flexibility index (Phi) is 4.32. The topological polar surface area (TPSA) is 44.5 Å². The Morgan fingerprint density at radius 1 is 1.31 bits per heavy atom. The van der Waals surface area contributed by atoms with E-state index < -0.39 is 12.5 Å². The summed E-state index contributed by atoms with van der Waals surface area (Å²) in [4.78, 5) is 0.